The molecule has 82 valence electrons. The number of rotatable bonds is 3. The van der Waals surface area contributed by atoms with E-state index >= 15 is 0 Å². The number of phenols is 1. The van der Waals surface area contributed by atoms with E-state index in [1.807, 2.05) is 19.1 Å². The standard InChI is InChI=1S/C11H12N4O/c1-2-11(14-15-7-12-13-8-15)9-3-5-10(16)6-4-9/h3-8,16H,2H2,1H3/b14-11+. The van der Waals surface area contributed by atoms with Crippen molar-refractivity contribution in [3.05, 3.63) is 42.5 Å². The average molecular weight is 216 g/mol. The molecule has 0 unspecified atom stereocenters. The molecular weight excluding hydrogens is 204 g/mol. The Labute approximate surface area is 93.1 Å². The normalized spacial score (nSPS) is 11.7. The largest absolute Gasteiger partial charge is 0.508 e. The van der Waals surface area contributed by atoms with Crippen molar-refractivity contribution in [2.75, 3.05) is 0 Å². The first-order valence-corrected chi connectivity index (χ1v) is 5.01. The maximum absolute atomic E-state index is 9.20. The first-order chi connectivity index (χ1) is 7.79. The van der Waals surface area contributed by atoms with E-state index in [0.717, 1.165) is 17.7 Å². The molecule has 0 saturated heterocycles. The Morgan fingerprint density at radius 3 is 2.44 bits per heavy atom. The molecule has 0 atom stereocenters. The molecule has 5 nitrogen and oxygen atoms in total. The highest BCUT2D eigenvalue weighted by Crippen LogP contribution is 2.12. The molecule has 1 N–H and O–H groups in total. The molecule has 5 heteroatoms. The molecule has 1 aromatic heterocycles. The minimum atomic E-state index is 0.253. The second-order valence-corrected chi connectivity index (χ2v) is 3.29. The highest BCUT2D eigenvalue weighted by molar-refractivity contribution is 6.00. The average Bonchev–Trinajstić information content (AvgIpc) is 2.80. The molecule has 1 aromatic carbocycles. The molecule has 0 saturated carbocycles. The van der Waals surface area contributed by atoms with Gasteiger partial charge in [-0.1, -0.05) is 6.92 Å². The lowest BCUT2D eigenvalue weighted by Crippen LogP contribution is -2.01. The molecule has 0 radical (unpaired) electrons. The summed E-state index contributed by atoms with van der Waals surface area (Å²) in [6, 6.07) is 6.96. The molecule has 0 spiro atoms. The minimum Gasteiger partial charge on any atom is -0.508 e. The number of hydrogen-bond donors (Lipinski definition) is 1. The van der Waals surface area contributed by atoms with Crippen LogP contribution in [0.1, 0.15) is 18.9 Å². The summed E-state index contributed by atoms with van der Waals surface area (Å²) in [4.78, 5) is 0. The van der Waals surface area contributed by atoms with Gasteiger partial charge in [0, 0.05) is 0 Å². The lowest BCUT2D eigenvalue weighted by molar-refractivity contribution is 0.475. The Morgan fingerprint density at radius 2 is 1.88 bits per heavy atom. The Hall–Kier alpha value is -2.17. The molecule has 2 aromatic rings. The van der Waals surface area contributed by atoms with Gasteiger partial charge >= 0.3 is 0 Å². The maximum atomic E-state index is 9.20. The molecule has 1 heterocycles. The summed E-state index contributed by atoms with van der Waals surface area (Å²) >= 11 is 0. The zero-order valence-corrected chi connectivity index (χ0v) is 8.91. The molecule has 0 amide bonds. The van der Waals surface area contributed by atoms with Gasteiger partial charge < -0.3 is 5.11 Å². The van der Waals surface area contributed by atoms with Gasteiger partial charge in [-0.2, -0.15) is 5.10 Å². The van der Waals surface area contributed by atoms with Crippen molar-refractivity contribution in [1.29, 1.82) is 0 Å². The van der Waals surface area contributed by atoms with Crippen LogP contribution in [-0.2, 0) is 0 Å². The molecule has 16 heavy (non-hydrogen) atoms. The van der Waals surface area contributed by atoms with Gasteiger partial charge in [0.2, 0.25) is 0 Å². The number of hydrogen-bond acceptors (Lipinski definition) is 4. The van der Waals surface area contributed by atoms with Gasteiger partial charge in [0.15, 0.2) is 0 Å². The molecule has 0 fully saturated rings. The topological polar surface area (TPSA) is 63.3 Å². The predicted octanol–water partition coefficient (Wildman–Crippen LogP) is 1.65. The number of benzene rings is 1. The van der Waals surface area contributed by atoms with Crippen LogP contribution in [0, 0.1) is 0 Å². The Kier molecular flexibility index (Phi) is 2.95. The number of aromatic nitrogens is 3. The third kappa shape index (κ3) is 2.25. The van der Waals surface area contributed by atoms with Crippen molar-refractivity contribution in [3.8, 4) is 5.75 Å². The number of aromatic hydroxyl groups is 1. The van der Waals surface area contributed by atoms with E-state index in [2.05, 4.69) is 15.3 Å². The fourth-order valence-corrected chi connectivity index (χ4v) is 1.37. The van der Waals surface area contributed by atoms with Gasteiger partial charge in [-0.15, -0.1) is 10.2 Å². The van der Waals surface area contributed by atoms with Crippen LogP contribution in [0.3, 0.4) is 0 Å². The second kappa shape index (κ2) is 4.57. The van der Waals surface area contributed by atoms with Crippen LogP contribution in [0.5, 0.6) is 5.75 Å². The minimum absolute atomic E-state index is 0.253. The second-order valence-electron chi connectivity index (χ2n) is 3.29. The summed E-state index contributed by atoms with van der Waals surface area (Å²) in [5.41, 5.74) is 1.90. The van der Waals surface area contributed by atoms with Crippen LogP contribution in [0.4, 0.5) is 0 Å². The molecular formula is C11H12N4O. The quantitative estimate of drug-likeness (QED) is 0.793. The van der Waals surface area contributed by atoms with Crippen LogP contribution < -0.4 is 0 Å². The molecule has 0 aliphatic carbocycles. The van der Waals surface area contributed by atoms with Crippen molar-refractivity contribution in [2.24, 2.45) is 5.10 Å². The smallest absolute Gasteiger partial charge is 0.141 e. The fraction of sp³-hybridized carbons (Fsp3) is 0.182. The van der Waals surface area contributed by atoms with Crippen molar-refractivity contribution >= 4 is 5.71 Å². The Morgan fingerprint density at radius 1 is 1.25 bits per heavy atom. The maximum Gasteiger partial charge on any atom is 0.141 e. The van der Waals surface area contributed by atoms with E-state index in [1.165, 1.54) is 12.7 Å². The van der Waals surface area contributed by atoms with Gasteiger partial charge in [0.05, 0.1) is 5.71 Å². The fourth-order valence-electron chi connectivity index (χ4n) is 1.37. The first-order valence-electron chi connectivity index (χ1n) is 5.01. The predicted molar refractivity (Wildman–Crippen MR) is 60.4 cm³/mol. The van der Waals surface area contributed by atoms with Crippen LogP contribution in [-0.4, -0.2) is 25.7 Å². The number of phenolic OH excluding ortho intramolecular Hbond substituents is 1. The summed E-state index contributed by atoms with van der Waals surface area (Å²) < 4.78 is 1.56. The highest BCUT2D eigenvalue weighted by Gasteiger charge is 2.01. The van der Waals surface area contributed by atoms with Crippen molar-refractivity contribution in [2.45, 2.75) is 13.3 Å². The van der Waals surface area contributed by atoms with Gasteiger partial charge in [-0.05, 0) is 36.2 Å². The van der Waals surface area contributed by atoms with Gasteiger partial charge in [0.1, 0.15) is 18.4 Å². The number of nitrogens with zero attached hydrogens (tertiary/aromatic N) is 4. The first kappa shape index (κ1) is 10.4. The summed E-state index contributed by atoms with van der Waals surface area (Å²) in [6.07, 6.45) is 3.87. The van der Waals surface area contributed by atoms with E-state index in [1.54, 1.807) is 16.8 Å². The zero-order valence-electron chi connectivity index (χ0n) is 8.91. The van der Waals surface area contributed by atoms with Crippen LogP contribution >= 0.6 is 0 Å². The molecule has 0 bridgehead atoms. The molecule has 2 rings (SSSR count). The van der Waals surface area contributed by atoms with Crippen LogP contribution in [0.25, 0.3) is 0 Å². The third-order valence-corrected chi connectivity index (χ3v) is 2.18. The van der Waals surface area contributed by atoms with E-state index in [-0.39, 0.29) is 5.75 Å². The van der Waals surface area contributed by atoms with Gasteiger partial charge in [-0.3, -0.25) is 0 Å². The van der Waals surface area contributed by atoms with Crippen molar-refractivity contribution in [3.63, 3.8) is 0 Å². The summed E-state index contributed by atoms with van der Waals surface area (Å²) in [5.74, 6) is 0.253. The monoisotopic (exact) mass is 216 g/mol. The highest BCUT2D eigenvalue weighted by atomic mass is 16.3. The lowest BCUT2D eigenvalue weighted by atomic mass is 10.1. The van der Waals surface area contributed by atoms with Crippen molar-refractivity contribution < 1.29 is 5.11 Å². The Bertz CT molecular complexity index is 473. The van der Waals surface area contributed by atoms with E-state index in [0.29, 0.717) is 0 Å². The lowest BCUT2D eigenvalue weighted by Gasteiger charge is -2.03. The molecule has 0 aliphatic rings. The van der Waals surface area contributed by atoms with E-state index in [9.17, 15) is 5.11 Å². The zero-order chi connectivity index (χ0) is 11.4. The van der Waals surface area contributed by atoms with E-state index in [4.69, 9.17) is 0 Å². The Balaban J connectivity index is 2.32. The SMILES string of the molecule is CC/C(=N\n1cnnc1)c1ccc(O)cc1. The van der Waals surface area contributed by atoms with Gasteiger partial charge in [0.25, 0.3) is 0 Å². The summed E-state index contributed by atoms with van der Waals surface area (Å²) in [6.45, 7) is 2.02. The van der Waals surface area contributed by atoms with Crippen LogP contribution in [0.15, 0.2) is 42.0 Å². The van der Waals surface area contributed by atoms with Crippen molar-refractivity contribution in [1.82, 2.24) is 14.9 Å². The van der Waals surface area contributed by atoms with Crippen LogP contribution in [0.2, 0.25) is 0 Å². The third-order valence-electron chi connectivity index (χ3n) is 2.18. The molecule has 0 aliphatic heterocycles. The van der Waals surface area contributed by atoms with Gasteiger partial charge in [-0.25, -0.2) is 4.68 Å². The van der Waals surface area contributed by atoms with E-state index < -0.39 is 0 Å². The summed E-state index contributed by atoms with van der Waals surface area (Å²) in [5, 5.41) is 20.9. The summed E-state index contributed by atoms with van der Waals surface area (Å²) in [7, 11) is 0.